The Morgan fingerprint density at radius 2 is 1.85 bits per heavy atom. The number of phenolic OH excluding ortho intramolecular Hbond substituents is 1. The molecule has 5 aromatic rings. The van der Waals surface area contributed by atoms with Crippen molar-refractivity contribution in [1.82, 2.24) is 24.8 Å². The van der Waals surface area contributed by atoms with Gasteiger partial charge in [0.1, 0.15) is 46.4 Å². The molecule has 276 valence electrons. The maximum atomic E-state index is 17.2. The number of halogens is 4. The molecule has 5 heterocycles. The number of hydrogen-bond acceptors (Lipinski definition) is 10. The maximum Gasteiger partial charge on any atom is 0.319 e. The second-order valence-electron chi connectivity index (χ2n) is 14.2. The van der Waals surface area contributed by atoms with Gasteiger partial charge in [-0.2, -0.15) is 18.7 Å². The Labute approximate surface area is 303 Å². The summed E-state index contributed by atoms with van der Waals surface area (Å²) < 4.78 is 71.2. The van der Waals surface area contributed by atoms with Gasteiger partial charge >= 0.3 is 6.01 Å². The van der Waals surface area contributed by atoms with Crippen molar-refractivity contribution in [3.8, 4) is 28.9 Å². The molecule has 1 aliphatic carbocycles. The van der Waals surface area contributed by atoms with Gasteiger partial charge in [-0.05, 0) is 85.2 Å². The van der Waals surface area contributed by atoms with E-state index in [0.717, 1.165) is 18.4 Å². The number of fused-ring (bicyclic) bond motifs is 1. The number of nitrogens with zero attached hydrogens (tertiary/aromatic N) is 6. The molecule has 3 aliphatic rings. The number of nitrogens with two attached hydrogens (primary N) is 1. The number of pyridine rings is 2. The zero-order chi connectivity index (χ0) is 37.0. The molecule has 2 aliphatic heterocycles. The van der Waals surface area contributed by atoms with E-state index in [1.54, 1.807) is 25.3 Å². The summed E-state index contributed by atoms with van der Waals surface area (Å²) in [7, 11) is 0. The molecule has 1 atom stereocenters. The summed E-state index contributed by atoms with van der Waals surface area (Å²) >= 11 is 0. The van der Waals surface area contributed by atoms with Gasteiger partial charge < -0.3 is 30.1 Å². The standard InChI is InChI=1S/C39H39F4N7O3/c1-3-25-28(40)7-6-23-17-24(51)18-27(29(23)25)32-31(41)33-30-36(50(15-16-52-37(30)46-32)21(2)26-5-4-12-45-35(26)44)48-38(47-33)53-20-39(10-11-39)19-49-13-8-22(9-14-49)34(42)43/h4-7,12,17-18,21,51H,3,8-11,13-16,19-20H2,1-2H3,(H2,44,45). The maximum absolute atomic E-state index is 17.2. The van der Waals surface area contributed by atoms with Crippen LogP contribution in [0.4, 0.5) is 29.2 Å². The van der Waals surface area contributed by atoms with Crippen LogP contribution < -0.4 is 20.1 Å². The molecule has 1 unspecified atom stereocenters. The number of nitrogen functional groups attached to an aromatic ring is 1. The third-order valence-electron chi connectivity index (χ3n) is 10.9. The summed E-state index contributed by atoms with van der Waals surface area (Å²) in [5, 5.41) is 11.9. The van der Waals surface area contributed by atoms with Crippen LogP contribution in [-0.4, -0.2) is 69.3 Å². The SMILES string of the molecule is CCc1c(F)ccc2cc(O)cc(-c3nc4c5c(nc(OCC6(CN7CCC(=C(F)F)CC7)CC6)nc5c3F)N(C(C)c3cccnc3N)CCO4)c12. The van der Waals surface area contributed by atoms with Gasteiger partial charge in [0.25, 0.3) is 6.08 Å². The Hall–Kier alpha value is -5.24. The van der Waals surface area contributed by atoms with Crippen LogP contribution in [0.3, 0.4) is 0 Å². The van der Waals surface area contributed by atoms with E-state index in [9.17, 15) is 13.9 Å². The Morgan fingerprint density at radius 3 is 2.57 bits per heavy atom. The Morgan fingerprint density at radius 1 is 1.06 bits per heavy atom. The van der Waals surface area contributed by atoms with Gasteiger partial charge in [0, 0.05) is 42.4 Å². The number of rotatable bonds is 9. The molecular weight excluding hydrogens is 690 g/mol. The minimum Gasteiger partial charge on any atom is -0.508 e. The minimum atomic E-state index is -1.58. The first-order chi connectivity index (χ1) is 25.6. The van der Waals surface area contributed by atoms with Gasteiger partial charge in [0.2, 0.25) is 5.88 Å². The molecule has 0 bridgehead atoms. The summed E-state index contributed by atoms with van der Waals surface area (Å²) in [6.07, 6.45) is 2.79. The molecule has 2 fully saturated rings. The minimum absolute atomic E-state index is 0.0524. The number of piperidine rings is 1. The normalized spacial score (nSPS) is 17.5. The van der Waals surface area contributed by atoms with E-state index in [-0.39, 0.29) is 70.0 Å². The fourth-order valence-electron chi connectivity index (χ4n) is 7.75. The first kappa shape index (κ1) is 34.8. The predicted molar refractivity (Wildman–Crippen MR) is 193 cm³/mol. The molecule has 2 aromatic carbocycles. The molecule has 0 spiro atoms. The van der Waals surface area contributed by atoms with Crippen molar-refractivity contribution in [2.24, 2.45) is 5.41 Å². The smallest absolute Gasteiger partial charge is 0.319 e. The van der Waals surface area contributed by atoms with Crippen LogP contribution in [0, 0.1) is 17.0 Å². The summed E-state index contributed by atoms with van der Waals surface area (Å²) in [6, 6.07) is 8.98. The quantitative estimate of drug-likeness (QED) is 0.146. The van der Waals surface area contributed by atoms with Crippen LogP contribution in [0.25, 0.3) is 32.9 Å². The number of benzene rings is 2. The van der Waals surface area contributed by atoms with E-state index in [2.05, 4.69) is 19.9 Å². The molecule has 14 heteroatoms. The van der Waals surface area contributed by atoms with E-state index >= 15 is 8.78 Å². The lowest BCUT2D eigenvalue weighted by atomic mass is 9.94. The molecule has 8 rings (SSSR count). The van der Waals surface area contributed by atoms with Crippen molar-refractivity contribution in [2.45, 2.75) is 52.0 Å². The van der Waals surface area contributed by atoms with Gasteiger partial charge in [-0.1, -0.05) is 19.1 Å². The second-order valence-corrected chi connectivity index (χ2v) is 14.2. The number of ether oxygens (including phenoxy) is 2. The monoisotopic (exact) mass is 729 g/mol. The van der Waals surface area contributed by atoms with E-state index in [1.165, 1.54) is 18.2 Å². The van der Waals surface area contributed by atoms with Crippen LogP contribution in [0.2, 0.25) is 0 Å². The zero-order valence-electron chi connectivity index (χ0n) is 29.4. The number of phenols is 1. The number of aryl methyl sites for hydroxylation is 1. The number of hydrogen-bond donors (Lipinski definition) is 2. The summed E-state index contributed by atoms with van der Waals surface area (Å²) in [5.41, 5.74) is 7.33. The van der Waals surface area contributed by atoms with Gasteiger partial charge in [-0.15, -0.1) is 0 Å². The van der Waals surface area contributed by atoms with Gasteiger partial charge in [-0.25, -0.2) is 18.7 Å². The predicted octanol–water partition coefficient (Wildman–Crippen LogP) is 7.73. The van der Waals surface area contributed by atoms with E-state index in [0.29, 0.717) is 73.4 Å². The van der Waals surface area contributed by atoms with Gasteiger partial charge in [-0.3, -0.25) is 0 Å². The molecule has 3 aromatic heterocycles. The molecule has 3 N–H and O–H groups in total. The molecule has 0 radical (unpaired) electrons. The second kappa shape index (κ2) is 13.6. The lowest BCUT2D eigenvalue weighted by Crippen LogP contribution is -2.37. The van der Waals surface area contributed by atoms with E-state index in [1.807, 2.05) is 17.9 Å². The summed E-state index contributed by atoms with van der Waals surface area (Å²) in [4.78, 5) is 22.5. The Bertz CT molecular complexity index is 2270. The van der Waals surface area contributed by atoms with Crippen molar-refractivity contribution in [3.05, 3.63) is 77.0 Å². The van der Waals surface area contributed by atoms with E-state index < -0.39 is 17.7 Å². The highest BCUT2D eigenvalue weighted by atomic mass is 19.3. The van der Waals surface area contributed by atoms with Crippen molar-refractivity contribution in [3.63, 3.8) is 0 Å². The number of aromatic hydroxyl groups is 1. The molecule has 53 heavy (non-hydrogen) atoms. The van der Waals surface area contributed by atoms with Crippen molar-refractivity contribution in [2.75, 3.05) is 50.0 Å². The highest BCUT2D eigenvalue weighted by Gasteiger charge is 2.45. The van der Waals surface area contributed by atoms with Crippen LogP contribution in [-0.2, 0) is 6.42 Å². The highest BCUT2D eigenvalue weighted by Crippen LogP contribution is 2.48. The average Bonchev–Trinajstić information content (AvgIpc) is 3.94. The number of likely N-dealkylation sites (tertiary alicyclic amines) is 1. The zero-order valence-corrected chi connectivity index (χ0v) is 29.4. The molecule has 10 nitrogen and oxygen atoms in total. The van der Waals surface area contributed by atoms with Crippen molar-refractivity contribution in [1.29, 1.82) is 0 Å². The first-order valence-electron chi connectivity index (χ1n) is 17.9. The van der Waals surface area contributed by atoms with Crippen LogP contribution in [0.5, 0.6) is 17.6 Å². The topological polar surface area (TPSA) is 123 Å². The number of anilines is 2. The third-order valence-corrected chi connectivity index (χ3v) is 10.9. The Balaban J connectivity index is 1.24. The Kier molecular flexibility index (Phi) is 8.96. The lowest BCUT2D eigenvalue weighted by Gasteiger charge is -2.31. The molecule has 1 saturated heterocycles. The molecule has 0 amide bonds. The van der Waals surface area contributed by atoms with Crippen molar-refractivity contribution < 1.29 is 32.1 Å². The summed E-state index contributed by atoms with van der Waals surface area (Å²) in [5.74, 6) is -0.645. The molecule has 1 saturated carbocycles. The van der Waals surface area contributed by atoms with Crippen LogP contribution >= 0.6 is 0 Å². The lowest BCUT2D eigenvalue weighted by molar-refractivity contribution is 0.146. The third kappa shape index (κ3) is 6.42. The van der Waals surface area contributed by atoms with Crippen LogP contribution in [0.1, 0.15) is 56.7 Å². The van der Waals surface area contributed by atoms with E-state index in [4.69, 9.17) is 20.2 Å². The number of aromatic nitrogens is 4. The average molecular weight is 730 g/mol. The van der Waals surface area contributed by atoms with Crippen molar-refractivity contribution >= 4 is 33.3 Å². The molecular formula is C39H39F4N7O3. The first-order valence-corrected chi connectivity index (χ1v) is 17.9. The largest absolute Gasteiger partial charge is 0.508 e. The van der Waals surface area contributed by atoms with Gasteiger partial charge in [0.15, 0.2) is 5.82 Å². The highest BCUT2D eigenvalue weighted by molar-refractivity contribution is 6.03. The summed E-state index contributed by atoms with van der Waals surface area (Å²) in [6.45, 7) is 6.25. The van der Waals surface area contributed by atoms with Crippen LogP contribution in [0.15, 0.2) is 54.2 Å². The fraction of sp³-hybridized carbons (Fsp3) is 0.385. The van der Waals surface area contributed by atoms with Gasteiger partial charge in [0.05, 0.1) is 19.2 Å². The fourth-order valence-corrected chi connectivity index (χ4v) is 7.75.